The highest BCUT2D eigenvalue weighted by Gasteiger charge is 2.02. The second-order valence-electron chi connectivity index (χ2n) is 2.20. The summed E-state index contributed by atoms with van der Waals surface area (Å²) >= 11 is 0. The number of aromatic nitrogens is 3. The minimum atomic E-state index is -2.73. The van der Waals surface area contributed by atoms with Gasteiger partial charge in [0.1, 0.15) is 11.6 Å². The van der Waals surface area contributed by atoms with E-state index >= 15 is 0 Å². The van der Waals surface area contributed by atoms with Gasteiger partial charge in [0.25, 0.3) is 0 Å². The number of nitrogens with two attached hydrogens (primary N) is 1. The van der Waals surface area contributed by atoms with Crippen LogP contribution in [0.3, 0.4) is 0 Å². The summed E-state index contributed by atoms with van der Waals surface area (Å²) in [7, 11) is 0. The van der Waals surface area contributed by atoms with E-state index in [9.17, 15) is 0 Å². The van der Waals surface area contributed by atoms with Gasteiger partial charge in [-0.25, -0.2) is 4.98 Å². The molecule has 0 amide bonds. The van der Waals surface area contributed by atoms with E-state index < -0.39 is 49.0 Å². The molecule has 0 aromatic carbocycles. The maximum Gasteiger partial charge on any atom is 0.142 e. The van der Waals surface area contributed by atoms with Crippen LogP contribution in [0.25, 0.3) is 5.69 Å². The highest BCUT2D eigenvalue weighted by Crippen LogP contribution is 2.11. The van der Waals surface area contributed by atoms with Crippen molar-refractivity contribution in [1.29, 1.82) is 0 Å². The van der Waals surface area contributed by atoms with Gasteiger partial charge < -0.3 is 10.3 Å². The summed E-state index contributed by atoms with van der Waals surface area (Å²) in [5.74, 6) is -0.965. The van der Waals surface area contributed by atoms with Crippen molar-refractivity contribution in [2.75, 3.05) is 5.73 Å². The fourth-order valence-electron chi connectivity index (χ4n) is 0.848. The molecule has 0 aliphatic rings. The second kappa shape index (κ2) is 2.90. The molecule has 4 nitrogen and oxygen atoms in total. The van der Waals surface area contributed by atoms with Gasteiger partial charge in [0.05, 0.1) is 24.9 Å². The number of pyridine rings is 1. The van der Waals surface area contributed by atoms with Gasteiger partial charge in [0, 0.05) is 10.3 Å². The fraction of sp³-hybridized carbons (Fsp3) is 0.111. The molecular formula is C9H10N4. The number of rotatable bonds is 1. The first-order valence-electron chi connectivity index (χ1n) is 7.35. The molecule has 0 unspecified atom stereocenters. The van der Waals surface area contributed by atoms with Crippen LogP contribution in [0.5, 0.6) is 0 Å². The van der Waals surface area contributed by atoms with Gasteiger partial charge >= 0.3 is 0 Å². The summed E-state index contributed by atoms with van der Waals surface area (Å²) in [5, 5.41) is 0. The zero-order valence-electron chi connectivity index (χ0n) is 14.4. The average molecular weight is 182 g/mol. The molecule has 2 rings (SSSR count). The van der Waals surface area contributed by atoms with E-state index in [1.54, 1.807) is 0 Å². The van der Waals surface area contributed by atoms with E-state index in [1.165, 1.54) is 0 Å². The van der Waals surface area contributed by atoms with Crippen molar-refractivity contribution in [3.63, 3.8) is 0 Å². The smallest absolute Gasteiger partial charge is 0.142 e. The molecule has 0 spiro atoms. The molecule has 0 fully saturated rings. The van der Waals surface area contributed by atoms with E-state index in [0.717, 1.165) is 0 Å². The van der Waals surface area contributed by atoms with Crippen LogP contribution in [0.1, 0.15) is 16.8 Å². The van der Waals surface area contributed by atoms with Crippen molar-refractivity contribution in [1.82, 2.24) is 14.5 Å². The molecular weight excluding hydrogens is 164 g/mol. The fourth-order valence-corrected chi connectivity index (χ4v) is 0.848. The topological polar surface area (TPSA) is 56.7 Å². The van der Waals surface area contributed by atoms with Gasteiger partial charge in [0.2, 0.25) is 0 Å². The number of hydrogen-bond donors (Lipinski definition) is 1. The van der Waals surface area contributed by atoms with Crippen LogP contribution in [0.15, 0.2) is 30.6 Å². The molecule has 13 heavy (non-hydrogen) atoms. The van der Waals surface area contributed by atoms with E-state index in [1.807, 2.05) is 0 Å². The highest BCUT2D eigenvalue weighted by molar-refractivity contribution is 5.36. The molecule has 0 atom stereocenters. The Morgan fingerprint density at radius 2 is 2.62 bits per heavy atom. The van der Waals surface area contributed by atoms with Crippen molar-refractivity contribution >= 4 is 5.82 Å². The lowest BCUT2D eigenvalue weighted by atomic mass is 10.4. The molecule has 2 aromatic heterocycles. The lowest BCUT2D eigenvalue weighted by molar-refractivity contribution is 0.965. The van der Waals surface area contributed by atoms with Gasteiger partial charge in [-0.3, -0.25) is 4.98 Å². The predicted molar refractivity (Wildman–Crippen MR) is 50.5 cm³/mol. The van der Waals surface area contributed by atoms with Gasteiger partial charge in [-0.05, 0) is 18.9 Å². The lowest BCUT2D eigenvalue weighted by Crippen LogP contribution is -1.95. The van der Waals surface area contributed by atoms with Crippen molar-refractivity contribution < 1.29 is 11.0 Å². The number of nitrogen functional groups attached to an aromatic ring is 1. The average Bonchev–Trinajstić information content (AvgIpc) is 2.64. The summed E-state index contributed by atoms with van der Waals surface area (Å²) in [4.78, 5) is 7.03. The van der Waals surface area contributed by atoms with Crippen LogP contribution in [-0.4, -0.2) is 14.5 Å². The zero-order valence-corrected chi connectivity index (χ0v) is 6.42. The van der Waals surface area contributed by atoms with Gasteiger partial charge in [-0.15, -0.1) is 0 Å². The standard InChI is InChI=1S/C9H10N4/c1-7-12-9(10)6-13(7)8-3-2-4-11-5-8/h2-6H,10H2,1H3/i1D3,2D,3D,4D,5D,6D. The molecule has 2 aromatic rings. The summed E-state index contributed by atoms with van der Waals surface area (Å²) in [6, 6.07) is -1.17. The Bertz CT molecular complexity index is 720. The van der Waals surface area contributed by atoms with Crippen LogP contribution in [0.4, 0.5) is 5.82 Å². The molecule has 2 N–H and O–H groups in total. The Balaban J connectivity index is 2.89. The van der Waals surface area contributed by atoms with E-state index in [2.05, 4.69) is 9.97 Å². The SMILES string of the molecule is [2H]c1nc([2H])c(-n2c(C([2H])([2H])[2H])nc(N)c2[2H])c([2H])c1[2H]. The second-order valence-corrected chi connectivity index (χ2v) is 2.20. The van der Waals surface area contributed by atoms with Crippen molar-refractivity contribution in [2.45, 2.75) is 6.85 Å². The van der Waals surface area contributed by atoms with Gasteiger partial charge in [0.15, 0.2) is 0 Å². The maximum atomic E-state index is 7.80. The Morgan fingerprint density at radius 3 is 3.46 bits per heavy atom. The maximum absolute atomic E-state index is 7.80. The van der Waals surface area contributed by atoms with Crippen molar-refractivity contribution in [2.24, 2.45) is 0 Å². The number of imidazole rings is 1. The number of aryl methyl sites for hydroxylation is 1. The van der Waals surface area contributed by atoms with Crippen molar-refractivity contribution in [3.05, 3.63) is 36.4 Å². The summed E-state index contributed by atoms with van der Waals surface area (Å²) in [6.07, 6.45) is -1.69. The molecule has 0 saturated heterocycles. The number of anilines is 1. The van der Waals surface area contributed by atoms with E-state index in [0.29, 0.717) is 4.57 Å². The predicted octanol–water partition coefficient (Wildman–Crippen LogP) is 1.16. The normalized spacial score (nSPS) is 20.0. The molecule has 0 radical (unpaired) electrons. The first-order valence-corrected chi connectivity index (χ1v) is 3.35. The first kappa shape index (κ1) is 2.83. The molecule has 2 heterocycles. The Hall–Kier alpha value is -1.84. The summed E-state index contributed by atoms with van der Waals surface area (Å²) in [6.45, 7) is -2.73. The third-order valence-electron chi connectivity index (χ3n) is 1.34. The minimum Gasteiger partial charge on any atom is -0.382 e. The molecule has 0 aliphatic carbocycles. The highest BCUT2D eigenvalue weighted by atomic mass is 15.1. The quantitative estimate of drug-likeness (QED) is 0.720. The Morgan fingerprint density at radius 1 is 1.69 bits per heavy atom. The monoisotopic (exact) mass is 182 g/mol. The molecule has 0 bridgehead atoms. The first-order chi connectivity index (χ1) is 9.55. The van der Waals surface area contributed by atoms with Gasteiger partial charge in [-0.1, -0.05) is 0 Å². The molecule has 0 aliphatic heterocycles. The van der Waals surface area contributed by atoms with Gasteiger partial charge in [-0.2, -0.15) is 0 Å². The Kier molecular flexibility index (Phi) is 0.631. The van der Waals surface area contributed by atoms with Crippen LogP contribution in [0.2, 0.25) is 0 Å². The van der Waals surface area contributed by atoms with Crippen LogP contribution in [0, 0.1) is 6.85 Å². The summed E-state index contributed by atoms with van der Waals surface area (Å²) in [5.41, 5.74) is 5.04. The van der Waals surface area contributed by atoms with Crippen LogP contribution < -0.4 is 5.73 Å². The van der Waals surface area contributed by atoms with Crippen molar-refractivity contribution in [3.8, 4) is 5.69 Å². The van der Waals surface area contributed by atoms with Crippen LogP contribution in [-0.2, 0) is 0 Å². The molecule has 66 valence electrons. The molecule has 0 saturated carbocycles. The van der Waals surface area contributed by atoms with E-state index in [-0.39, 0.29) is 5.82 Å². The lowest BCUT2D eigenvalue weighted by Gasteiger charge is -2.01. The van der Waals surface area contributed by atoms with Crippen LogP contribution >= 0.6 is 0 Å². The number of nitrogens with zero attached hydrogens (tertiary/aromatic N) is 3. The largest absolute Gasteiger partial charge is 0.382 e. The minimum absolute atomic E-state index is 0.374. The number of hydrogen-bond acceptors (Lipinski definition) is 3. The summed E-state index contributed by atoms with van der Waals surface area (Å²) < 4.78 is 61.1. The molecule has 4 heteroatoms. The third-order valence-corrected chi connectivity index (χ3v) is 1.34. The third kappa shape index (κ3) is 1.38. The van der Waals surface area contributed by atoms with E-state index in [4.69, 9.17) is 16.7 Å². The Labute approximate surface area is 87.3 Å². The zero-order chi connectivity index (χ0) is 16.1.